The molecule has 3 aromatic rings. The van der Waals surface area contributed by atoms with Crippen molar-refractivity contribution in [3.8, 4) is 17.3 Å². The molecule has 0 fully saturated rings. The molecule has 0 unspecified atom stereocenters. The predicted molar refractivity (Wildman–Crippen MR) is 107 cm³/mol. The van der Waals surface area contributed by atoms with Crippen molar-refractivity contribution in [1.29, 1.82) is 5.26 Å². The second-order valence-electron chi connectivity index (χ2n) is 5.44. The number of nitrogens with zero attached hydrogens (tertiary/aromatic N) is 3. The highest BCUT2D eigenvalue weighted by Crippen LogP contribution is 2.28. The second kappa shape index (κ2) is 9.18. The summed E-state index contributed by atoms with van der Waals surface area (Å²) in [5.41, 5.74) is 2.81. The molecule has 0 saturated carbocycles. The minimum absolute atomic E-state index is 0.0205. The number of para-hydroxylation sites is 1. The van der Waals surface area contributed by atoms with Gasteiger partial charge in [0.2, 0.25) is 5.91 Å². The lowest BCUT2D eigenvalue weighted by Crippen LogP contribution is -2.33. The molecule has 26 heavy (non-hydrogen) atoms. The fraction of sp³-hybridized carbons (Fsp3) is 0.150. The van der Waals surface area contributed by atoms with Crippen molar-refractivity contribution < 1.29 is 4.79 Å². The Balaban J connectivity index is 1.65. The third-order valence-electron chi connectivity index (χ3n) is 3.69. The summed E-state index contributed by atoms with van der Waals surface area (Å²) in [5.74, 6) is 0.273. The van der Waals surface area contributed by atoms with E-state index in [9.17, 15) is 4.79 Å². The zero-order valence-corrected chi connectivity index (χ0v) is 15.7. The molecule has 130 valence electrons. The Morgan fingerprint density at radius 2 is 1.81 bits per heavy atom. The summed E-state index contributed by atoms with van der Waals surface area (Å²) < 4.78 is 0.866. The van der Waals surface area contributed by atoms with Gasteiger partial charge in [-0.2, -0.15) is 5.26 Å². The van der Waals surface area contributed by atoms with Gasteiger partial charge in [0.15, 0.2) is 4.34 Å². The molecule has 1 aromatic heterocycles. The average molecular weight is 380 g/mol. The highest BCUT2D eigenvalue weighted by Gasteiger charge is 2.16. The Morgan fingerprint density at radius 3 is 2.50 bits per heavy atom. The first-order chi connectivity index (χ1) is 12.8. The van der Waals surface area contributed by atoms with Crippen LogP contribution in [0.4, 0.5) is 5.69 Å². The maximum Gasteiger partial charge on any atom is 0.237 e. The van der Waals surface area contributed by atoms with Crippen LogP contribution >= 0.6 is 23.1 Å². The van der Waals surface area contributed by atoms with Crippen molar-refractivity contribution in [2.24, 2.45) is 0 Å². The number of nitriles is 1. The number of hydrogen-bond donors (Lipinski definition) is 0. The second-order valence-corrected chi connectivity index (χ2v) is 7.52. The molecule has 0 bridgehead atoms. The van der Waals surface area contributed by atoms with E-state index in [4.69, 9.17) is 5.26 Å². The Bertz CT molecular complexity index is 888. The lowest BCUT2D eigenvalue weighted by molar-refractivity contribution is -0.116. The fourth-order valence-corrected chi connectivity index (χ4v) is 4.15. The molecule has 0 N–H and O–H groups in total. The zero-order chi connectivity index (χ0) is 18.2. The molecule has 6 heteroatoms. The largest absolute Gasteiger partial charge is 0.311 e. The van der Waals surface area contributed by atoms with Gasteiger partial charge < -0.3 is 4.90 Å². The van der Waals surface area contributed by atoms with Crippen LogP contribution in [0.3, 0.4) is 0 Å². The van der Waals surface area contributed by atoms with E-state index in [1.807, 2.05) is 66.0 Å². The van der Waals surface area contributed by atoms with Gasteiger partial charge in [0, 0.05) is 23.2 Å². The number of thioether (sulfide) groups is 1. The summed E-state index contributed by atoms with van der Waals surface area (Å²) in [6, 6.07) is 21.6. The number of carbonyl (C=O) groups excluding carboxylic acids is 1. The molecule has 0 aliphatic rings. The van der Waals surface area contributed by atoms with E-state index in [1.165, 1.54) is 11.8 Å². The van der Waals surface area contributed by atoms with Crippen LogP contribution in [0, 0.1) is 11.3 Å². The van der Waals surface area contributed by atoms with Gasteiger partial charge in [-0.15, -0.1) is 11.3 Å². The SMILES string of the molecule is N#CCCN(C(=O)CSc1nc(-c2ccccc2)cs1)c1ccccc1. The molecule has 3 rings (SSSR count). The molecule has 0 aliphatic carbocycles. The van der Waals surface area contributed by atoms with Crippen molar-refractivity contribution in [2.45, 2.75) is 10.8 Å². The summed E-state index contributed by atoms with van der Waals surface area (Å²) in [6.45, 7) is 0.396. The van der Waals surface area contributed by atoms with Crippen LogP contribution in [0.5, 0.6) is 0 Å². The maximum absolute atomic E-state index is 12.7. The van der Waals surface area contributed by atoms with Crippen molar-refractivity contribution in [3.05, 3.63) is 66.0 Å². The summed E-state index contributed by atoms with van der Waals surface area (Å²) in [5, 5.41) is 10.9. The highest BCUT2D eigenvalue weighted by molar-refractivity contribution is 8.01. The van der Waals surface area contributed by atoms with Crippen LogP contribution in [0.15, 0.2) is 70.4 Å². The molecule has 1 heterocycles. The zero-order valence-electron chi connectivity index (χ0n) is 14.0. The van der Waals surface area contributed by atoms with Gasteiger partial charge >= 0.3 is 0 Å². The Hall–Kier alpha value is -2.62. The monoisotopic (exact) mass is 379 g/mol. The first-order valence-corrected chi connectivity index (χ1v) is 10.0. The molecule has 2 aromatic carbocycles. The summed E-state index contributed by atoms with van der Waals surface area (Å²) >= 11 is 2.97. The smallest absolute Gasteiger partial charge is 0.237 e. The van der Waals surface area contributed by atoms with Gasteiger partial charge in [0.25, 0.3) is 0 Å². The van der Waals surface area contributed by atoms with Crippen LogP contribution in [0.1, 0.15) is 6.42 Å². The van der Waals surface area contributed by atoms with E-state index in [0.29, 0.717) is 18.7 Å². The molecule has 0 spiro atoms. The molecule has 0 aliphatic heterocycles. The number of hydrogen-bond acceptors (Lipinski definition) is 5. The highest BCUT2D eigenvalue weighted by atomic mass is 32.2. The molecule has 0 radical (unpaired) electrons. The molecule has 4 nitrogen and oxygen atoms in total. The van der Waals surface area contributed by atoms with Gasteiger partial charge in [-0.05, 0) is 12.1 Å². The standard InChI is InChI=1S/C20H17N3OS2/c21-12-7-13-23(17-10-5-2-6-11-17)19(24)15-26-20-22-18(14-25-20)16-8-3-1-4-9-16/h1-6,8-11,14H,7,13,15H2. The third kappa shape index (κ3) is 4.72. The van der Waals surface area contributed by atoms with Gasteiger partial charge in [-0.1, -0.05) is 60.3 Å². The number of thiazole rings is 1. The van der Waals surface area contributed by atoms with E-state index in [-0.39, 0.29) is 5.91 Å². The van der Waals surface area contributed by atoms with Crippen LogP contribution in [-0.2, 0) is 4.79 Å². The molecule has 0 saturated heterocycles. The van der Waals surface area contributed by atoms with E-state index < -0.39 is 0 Å². The number of benzene rings is 2. The normalized spacial score (nSPS) is 10.3. The van der Waals surface area contributed by atoms with Crippen LogP contribution in [-0.4, -0.2) is 23.2 Å². The van der Waals surface area contributed by atoms with Crippen LogP contribution in [0.25, 0.3) is 11.3 Å². The van der Waals surface area contributed by atoms with Gasteiger partial charge in [0.1, 0.15) is 0 Å². The fourth-order valence-electron chi connectivity index (χ4n) is 2.43. The third-order valence-corrected chi connectivity index (χ3v) is 5.69. The quantitative estimate of drug-likeness (QED) is 0.551. The van der Waals surface area contributed by atoms with E-state index in [0.717, 1.165) is 21.3 Å². The number of carbonyl (C=O) groups is 1. The Labute approximate surface area is 161 Å². The van der Waals surface area contributed by atoms with Crippen molar-refractivity contribution in [1.82, 2.24) is 4.98 Å². The van der Waals surface area contributed by atoms with Gasteiger partial charge in [-0.3, -0.25) is 4.79 Å². The first-order valence-electron chi connectivity index (χ1n) is 8.14. The number of rotatable bonds is 7. The summed E-state index contributed by atoms with van der Waals surface area (Å²) in [7, 11) is 0. The maximum atomic E-state index is 12.7. The molecule has 0 atom stereocenters. The molecular formula is C20H17N3OS2. The van der Waals surface area contributed by atoms with E-state index in [1.54, 1.807) is 16.2 Å². The molecule has 1 amide bonds. The van der Waals surface area contributed by atoms with Crippen molar-refractivity contribution >= 4 is 34.7 Å². The van der Waals surface area contributed by atoms with E-state index in [2.05, 4.69) is 11.1 Å². The van der Waals surface area contributed by atoms with Gasteiger partial charge in [0.05, 0.1) is 23.9 Å². The predicted octanol–water partition coefficient (Wildman–Crippen LogP) is 4.85. The lowest BCUT2D eigenvalue weighted by atomic mass is 10.2. The number of amides is 1. The number of aromatic nitrogens is 1. The topological polar surface area (TPSA) is 57.0 Å². The average Bonchev–Trinajstić information content (AvgIpc) is 3.17. The Kier molecular flexibility index (Phi) is 6.42. The summed E-state index contributed by atoms with van der Waals surface area (Å²) in [4.78, 5) is 18.9. The number of anilines is 1. The van der Waals surface area contributed by atoms with Crippen LogP contribution in [0.2, 0.25) is 0 Å². The van der Waals surface area contributed by atoms with Crippen molar-refractivity contribution in [3.63, 3.8) is 0 Å². The van der Waals surface area contributed by atoms with Crippen LogP contribution < -0.4 is 4.90 Å². The first kappa shape index (κ1) is 18.2. The lowest BCUT2D eigenvalue weighted by Gasteiger charge is -2.21. The summed E-state index contributed by atoms with van der Waals surface area (Å²) in [6.07, 6.45) is 0.306. The Morgan fingerprint density at radius 1 is 1.12 bits per heavy atom. The van der Waals surface area contributed by atoms with Gasteiger partial charge in [-0.25, -0.2) is 4.98 Å². The minimum Gasteiger partial charge on any atom is -0.311 e. The minimum atomic E-state index is -0.0205. The van der Waals surface area contributed by atoms with E-state index >= 15 is 0 Å². The molecular weight excluding hydrogens is 362 g/mol. The van der Waals surface area contributed by atoms with Crippen molar-refractivity contribution in [2.75, 3.05) is 17.2 Å².